The number of hydrogen-bond acceptors (Lipinski definition) is 3. The Balaban J connectivity index is 1.72. The smallest absolute Gasteiger partial charge is 0.245 e. The first-order chi connectivity index (χ1) is 11.1. The molecule has 3 rings (SSSR count). The van der Waals surface area contributed by atoms with Crippen molar-refractivity contribution in [3.63, 3.8) is 0 Å². The van der Waals surface area contributed by atoms with Crippen LogP contribution < -0.4 is 0 Å². The highest BCUT2D eigenvalue weighted by Gasteiger charge is 2.38. The fourth-order valence-corrected chi connectivity index (χ4v) is 3.85. The molecule has 0 radical (unpaired) electrons. The Labute approximate surface area is 137 Å². The van der Waals surface area contributed by atoms with Gasteiger partial charge in [0.15, 0.2) is 0 Å². The molecule has 0 bridgehead atoms. The van der Waals surface area contributed by atoms with Crippen LogP contribution in [0, 0.1) is 6.92 Å². The summed E-state index contributed by atoms with van der Waals surface area (Å²) in [6.07, 6.45) is 8.80. The van der Waals surface area contributed by atoms with Crippen LogP contribution in [0.4, 0.5) is 0 Å². The van der Waals surface area contributed by atoms with Crippen molar-refractivity contribution in [2.75, 3.05) is 13.1 Å². The standard InChI is InChI=1S/C17H26N4O2/c1-13-10-18-19(11-13)12-15-6-3-4-8-21(15)17(23)16-7-5-9-20(16)14(2)22/h10-11,15-16H,3-9,12H2,1-2H3/t15-,16+/m0/s1. The van der Waals surface area contributed by atoms with E-state index in [4.69, 9.17) is 0 Å². The Hall–Kier alpha value is -1.85. The molecule has 3 heterocycles. The van der Waals surface area contributed by atoms with Crippen LogP contribution in [0.3, 0.4) is 0 Å². The van der Waals surface area contributed by atoms with Gasteiger partial charge < -0.3 is 9.80 Å². The maximum Gasteiger partial charge on any atom is 0.245 e. The number of hydrogen-bond donors (Lipinski definition) is 0. The topological polar surface area (TPSA) is 58.4 Å². The SMILES string of the molecule is CC(=O)N1CCC[C@@H]1C(=O)N1CCCC[C@H]1Cn1cc(C)cn1. The van der Waals surface area contributed by atoms with Gasteiger partial charge >= 0.3 is 0 Å². The van der Waals surface area contributed by atoms with Gasteiger partial charge in [0.05, 0.1) is 18.8 Å². The molecule has 23 heavy (non-hydrogen) atoms. The van der Waals surface area contributed by atoms with E-state index in [-0.39, 0.29) is 23.9 Å². The average molecular weight is 318 g/mol. The number of likely N-dealkylation sites (tertiary alicyclic amines) is 2. The van der Waals surface area contributed by atoms with Gasteiger partial charge in [-0.25, -0.2) is 0 Å². The van der Waals surface area contributed by atoms with Gasteiger partial charge in [-0.1, -0.05) is 0 Å². The number of aryl methyl sites for hydroxylation is 1. The molecule has 1 aromatic rings. The van der Waals surface area contributed by atoms with Crippen molar-refractivity contribution in [2.45, 2.75) is 64.6 Å². The van der Waals surface area contributed by atoms with Crippen molar-refractivity contribution >= 4 is 11.8 Å². The van der Waals surface area contributed by atoms with E-state index >= 15 is 0 Å². The second kappa shape index (κ2) is 6.72. The Bertz CT molecular complexity index is 583. The lowest BCUT2D eigenvalue weighted by atomic mass is 10.00. The molecule has 0 unspecified atom stereocenters. The molecule has 6 heteroatoms. The molecule has 0 aliphatic carbocycles. The molecule has 6 nitrogen and oxygen atoms in total. The summed E-state index contributed by atoms with van der Waals surface area (Å²) in [6, 6.07) is -0.0718. The van der Waals surface area contributed by atoms with Crippen molar-refractivity contribution in [3.8, 4) is 0 Å². The summed E-state index contributed by atoms with van der Waals surface area (Å²) in [6.45, 7) is 5.84. The van der Waals surface area contributed by atoms with Gasteiger partial charge in [-0.05, 0) is 44.6 Å². The second-order valence-corrected chi connectivity index (χ2v) is 6.79. The maximum absolute atomic E-state index is 13.0. The first kappa shape index (κ1) is 16.0. The van der Waals surface area contributed by atoms with E-state index in [9.17, 15) is 9.59 Å². The highest BCUT2D eigenvalue weighted by molar-refractivity contribution is 5.87. The third kappa shape index (κ3) is 3.41. The number of aromatic nitrogens is 2. The van der Waals surface area contributed by atoms with Crippen LogP contribution in [0.25, 0.3) is 0 Å². The molecule has 2 fully saturated rings. The molecule has 2 aliphatic heterocycles. The van der Waals surface area contributed by atoms with Crippen molar-refractivity contribution < 1.29 is 9.59 Å². The number of nitrogens with zero attached hydrogens (tertiary/aromatic N) is 4. The minimum absolute atomic E-state index is 0.0112. The lowest BCUT2D eigenvalue weighted by Crippen LogP contribution is -2.53. The van der Waals surface area contributed by atoms with Gasteiger partial charge in [-0.2, -0.15) is 5.10 Å². The molecule has 1 aromatic heterocycles. The number of carbonyl (C=O) groups is 2. The van der Waals surface area contributed by atoms with E-state index in [0.29, 0.717) is 6.54 Å². The Morgan fingerprint density at radius 2 is 1.96 bits per heavy atom. The van der Waals surface area contributed by atoms with Crippen LogP contribution in [0.5, 0.6) is 0 Å². The lowest BCUT2D eigenvalue weighted by molar-refractivity contribution is -0.145. The summed E-state index contributed by atoms with van der Waals surface area (Å²) in [4.78, 5) is 28.5. The number of piperidine rings is 1. The molecule has 0 aromatic carbocycles. The van der Waals surface area contributed by atoms with Gasteiger partial charge in [-0.3, -0.25) is 14.3 Å². The third-order valence-electron chi connectivity index (χ3n) is 5.01. The molecule has 2 aliphatic rings. The number of amides is 2. The molecule has 2 saturated heterocycles. The predicted molar refractivity (Wildman–Crippen MR) is 86.7 cm³/mol. The van der Waals surface area contributed by atoms with Gasteiger partial charge in [0.25, 0.3) is 0 Å². The predicted octanol–water partition coefficient (Wildman–Crippen LogP) is 1.58. The molecular formula is C17H26N4O2. The first-order valence-electron chi connectivity index (χ1n) is 8.63. The van der Waals surface area contributed by atoms with Crippen LogP contribution in [-0.2, 0) is 16.1 Å². The zero-order valence-electron chi connectivity index (χ0n) is 14.1. The van der Waals surface area contributed by atoms with E-state index in [2.05, 4.69) is 5.10 Å². The van der Waals surface area contributed by atoms with Crippen LogP contribution in [0.2, 0.25) is 0 Å². The maximum atomic E-state index is 13.0. The summed E-state index contributed by atoms with van der Waals surface area (Å²) < 4.78 is 1.93. The van der Waals surface area contributed by atoms with Gasteiger partial charge in [0.1, 0.15) is 6.04 Å². The number of rotatable bonds is 3. The molecule has 0 spiro atoms. The summed E-state index contributed by atoms with van der Waals surface area (Å²) in [5.74, 6) is 0.142. The van der Waals surface area contributed by atoms with Crippen LogP contribution in [0.15, 0.2) is 12.4 Å². The van der Waals surface area contributed by atoms with Gasteiger partial charge in [-0.15, -0.1) is 0 Å². The van der Waals surface area contributed by atoms with Crippen LogP contribution in [0.1, 0.15) is 44.6 Å². The normalized spacial score (nSPS) is 25.0. The largest absolute Gasteiger partial charge is 0.336 e. The van der Waals surface area contributed by atoms with E-state index in [1.807, 2.05) is 28.9 Å². The summed E-state index contributed by atoms with van der Waals surface area (Å²) in [5.41, 5.74) is 1.14. The minimum Gasteiger partial charge on any atom is -0.336 e. The molecule has 0 N–H and O–H groups in total. The Kier molecular flexibility index (Phi) is 4.68. The average Bonchev–Trinajstić information content (AvgIpc) is 3.16. The van der Waals surface area contributed by atoms with Crippen LogP contribution in [-0.4, -0.2) is 56.6 Å². The highest BCUT2D eigenvalue weighted by Crippen LogP contribution is 2.25. The molecule has 126 valence electrons. The van der Waals surface area contributed by atoms with Crippen molar-refractivity contribution in [1.82, 2.24) is 19.6 Å². The zero-order valence-corrected chi connectivity index (χ0v) is 14.1. The minimum atomic E-state index is -0.257. The van der Waals surface area contributed by atoms with E-state index in [0.717, 1.165) is 50.8 Å². The Morgan fingerprint density at radius 1 is 1.17 bits per heavy atom. The van der Waals surface area contributed by atoms with Crippen molar-refractivity contribution in [2.24, 2.45) is 0 Å². The molecule has 2 amide bonds. The summed E-state index contributed by atoms with van der Waals surface area (Å²) in [5, 5.41) is 4.36. The van der Waals surface area contributed by atoms with E-state index in [1.165, 1.54) is 0 Å². The number of carbonyl (C=O) groups excluding carboxylic acids is 2. The lowest BCUT2D eigenvalue weighted by Gasteiger charge is -2.38. The molecule has 0 saturated carbocycles. The first-order valence-corrected chi connectivity index (χ1v) is 8.63. The van der Waals surface area contributed by atoms with E-state index in [1.54, 1.807) is 11.8 Å². The fraction of sp³-hybridized carbons (Fsp3) is 0.706. The van der Waals surface area contributed by atoms with E-state index < -0.39 is 0 Å². The van der Waals surface area contributed by atoms with Crippen molar-refractivity contribution in [1.29, 1.82) is 0 Å². The van der Waals surface area contributed by atoms with Crippen molar-refractivity contribution in [3.05, 3.63) is 18.0 Å². The summed E-state index contributed by atoms with van der Waals surface area (Å²) in [7, 11) is 0. The van der Waals surface area contributed by atoms with Crippen LogP contribution >= 0.6 is 0 Å². The fourth-order valence-electron chi connectivity index (χ4n) is 3.85. The highest BCUT2D eigenvalue weighted by atomic mass is 16.2. The Morgan fingerprint density at radius 3 is 2.65 bits per heavy atom. The second-order valence-electron chi connectivity index (χ2n) is 6.79. The monoisotopic (exact) mass is 318 g/mol. The zero-order chi connectivity index (χ0) is 16.4. The quantitative estimate of drug-likeness (QED) is 0.850. The van der Waals surface area contributed by atoms with Gasteiger partial charge in [0, 0.05) is 26.2 Å². The van der Waals surface area contributed by atoms with Gasteiger partial charge in [0.2, 0.25) is 11.8 Å². The molecular weight excluding hydrogens is 292 g/mol. The summed E-state index contributed by atoms with van der Waals surface area (Å²) >= 11 is 0. The molecule has 2 atom stereocenters. The third-order valence-corrected chi connectivity index (χ3v) is 5.01.